The zero-order valence-electron chi connectivity index (χ0n) is 22.0. The van der Waals surface area contributed by atoms with Crippen LogP contribution in [-0.4, -0.2) is 34.8 Å². The lowest BCUT2D eigenvalue weighted by Crippen LogP contribution is -2.24. The number of carbonyl (C=O) groups is 2. The molecule has 3 N–H and O–H groups in total. The number of methoxy groups -OCH3 is 1. The van der Waals surface area contributed by atoms with Gasteiger partial charge in [-0.3, -0.25) is 9.59 Å². The highest BCUT2D eigenvalue weighted by molar-refractivity contribution is 6.48. The Kier molecular flexibility index (Phi) is 6.72. The average Bonchev–Trinajstić information content (AvgIpc) is 3.72. The number of Topliss-reactive ketones (excluding diaryl/α,β-unsaturated/α-hetero) is 1. The maximum Gasteiger partial charge on any atom is 0.296 e. The number of aromatic nitrogens is 2. The molecule has 1 heterocycles. The van der Waals surface area contributed by atoms with Crippen LogP contribution in [0.2, 0.25) is 0 Å². The van der Waals surface area contributed by atoms with E-state index >= 15 is 0 Å². The second-order valence-corrected chi connectivity index (χ2v) is 10.5. The lowest BCUT2D eigenvalue weighted by molar-refractivity contribution is -0.112. The highest BCUT2D eigenvalue weighted by atomic mass is 16.5. The number of carbonyl (C=O) groups excluding carboxylic acids is 2. The highest BCUT2D eigenvalue weighted by Crippen LogP contribution is 2.33. The summed E-state index contributed by atoms with van der Waals surface area (Å²) in [7, 11) is 1.53. The molecule has 5 rings (SSSR count). The summed E-state index contributed by atoms with van der Waals surface area (Å²) in [6.45, 7) is 6.25. The molecule has 1 aromatic heterocycles. The van der Waals surface area contributed by atoms with Gasteiger partial charge in [-0.25, -0.2) is 4.98 Å². The van der Waals surface area contributed by atoms with Gasteiger partial charge in [-0.15, -0.1) is 0 Å². The van der Waals surface area contributed by atoms with E-state index in [9.17, 15) is 9.59 Å². The van der Waals surface area contributed by atoms with Crippen molar-refractivity contribution in [1.29, 1.82) is 0 Å². The molecule has 8 heteroatoms. The predicted octanol–water partition coefficient (Wildman–Crippen LogP) is 6.08. The molecule has 38 heavy (non-hydrogen) atoms. The van der Waals surface area contributed by atoms with E-state index in [-0.39, 0.29) is 5.41 Å². The van der Waals surface area contributed by atoms with E-state index in [1.165, 1.54) is 7.11 Å². The van der Waals surface area contributed by atoms with Gasteiger partial charge in [-0.2, -0.15) is 4.98 Å². The molecule has 8 nitrogen and oxygen atoms in total. The second-order valence-electron chi connectivity index (χ2n) is 10.5. The lowest BCUT2D eigenvalue weighted by Gasteiger charge is -2.21. The summed E-state index contributed by atoms with van der Waals surface area (Å²) in [4.78, 5) is 35.3. The monoisotopic (exact) mass is 509 g/mol. The van der Waals surface area contributed by atoms with Gasteiger partial charge in [0.05, 0.1) is 12.8 Å². The average molecular weight is 510 g/mol. The second kappa shape index (κ2) is 10.1. The molecule has 1 aliphatic rings. The van der Waals surface area contributed by atoms with Crippen LogP contribution in [0.25, 0.3) is 10.8 Å². The Morgan fingerprint density at radius 3 is 2.42 bits per heavy atom. The molecule has 1 fully saturated rings. The molecule has 0 radical (unpaired) electrons. The van der Waals surface area contributed by atoms with Crippen molar-refractivity contribution in [3.05, 3.63) is 78.0 Å². The standard InChI is InChI=1S/C30H31N5O3/c1-30(2,3)18-9-14-25(38-4)24(17-18)34-28(37)27(36)22-12-13-23(21-8-6-5-7-20(21)22)33-26-15-16-31-29(35-26)32-19-10-11-19/h5-9,12-17,19H,10-11H2,1-4H3,(H,34,37)(H2,31,32,33,35). The minimum atomic E-state index is -0.730. The number of nitrogens with one attached hydrogen (secondary N) is 3. The van der Waals surface area contributed by atoms with E-state index in [4.69, 9.17) is 4.74 Å². The van der Waals surface area contributed by atoms with Gasteiger partial charge >= 0.3 is 0 Å². The van der Waals surface area contributed by atoms with Crippen molar-refractivity contribution in [2.45, 2.75) is 45.1 Å². The third-order valence-corrected chi connectivity index (χ3v) is 6.52. The van der Waals surface area contributed by atoms with Gasteiger partial charge in [0.15, 0.2) is 0 Å². The number of benzene rings is 3. The van der Waals surface area contributed by atoms with Crippen molar-refractivity contribution < 1.29 is 14.3 Å². The molecular formula is C30H31N5O3. The van der Waals surface area contributed by atoms with Crippen LogP contribution in [0.4, 0.5) is 23.1 Å². The first-order valence-electron chi connectivity index (χ1n) is 12.7. The quantitative estimate of drug-likeness (QED) is 0.195. The molecular weight excluding hydrogens is 478 g/mol. The number of amides is 1. The van der Waals surface area contributed by atoms with Gasteiger partial charge in [0.1, 0.15) is 11.6 Å². The van der Waals surface area contributed by atoms with Crippen molar-refractivity contribution in [3.63, 3.8) is 0 Å². The number of anilines is 4. The molecule has 1 saturated carbocycles. The van der Waals surface area contributed by atoms with Crippen LogP contribution < -0.4 is 20.7 Å². The predicted molar refractivity (Wildman–Crippen MR) is 151 cm³/mol. The van der Waals surface area contributed by atoms with Crippen LogP contribution >= 0.6 is 0 Å². The fourth-order valence-electron chi connectivity index (χ4n) is 4.23. The summed E-state index contributed by atoms with van der Waals surface area (Å²) in [5.74, 6) is 0.344. The Morgan fingerprint density at radius 2 is 1.71 bits per heavy atom. The molecule has 194 valence electrons. The van der Waals surface area contributed by atoms with Crippen molar-refractivity contribution in [1.82, 2.24) is 9.97 Å². The van der Waals surface area contributed by atoms with Crippen molar-refractivity contribution in [2.24, 2.45) is 0 Å². The van der Waals surface area contributed by atoms with Crippen molar-refractivity contribution in [3.8, 4) is 5.75 Å². The minimum absolute atomic E-state index is 0.132. The first-order chi connectivity index (χ1) is 18.2. The minimum Gasteiger partial charge on any atom is -0.495 e. The Balaban J connectivity index is 1.42. The molecule has 3 aromatic carbocycles. The van der Waals surface area contributed by atoms with E-state index in [2.05, 4.69) is 46.7 Å². The zero-order valence-corrected chi connectivity index (χ0v) is 22.0. The smallest absolute Gasteiger partial charge is 0.296 e. The number of rotatable bonds is 8. The first kappa shape index (κ1) is 25.2. The van der Waals surface area contributed by atoms with Gasteiger partial charge in [0.25, 0.3) is 11.7 Å². The van der Waals surface area contributed by atoms with Crippen LogP contribution in [0, 0.1) is 0 Å². The number of hydrogen-bond acceptors (Lipinski definition) is 7. The van der Waals surface area contributed by atoms with Gasteiger partial charge in [0, 0.05) is 28.9 Å². The van der Waals surface area contributed by atoms with E-state index < -0.39 is 11.7 Å². The van der Waals surface area contributed by atoms with Gasteiger partial charge < -0.3 is 20.7 Å². The number of hydrogen-bond donors (Lipinski definition) is 3. The van der Waals surface area contributed by atoms with E-state index in [0.29, 0.717) is 40.2 Å². The maximum atomic E-state index is 13.4. The lowest BCUT2D eigenvalue weighted by atomic mass is 9.87. The summed E-state index contributed by atoms with van der Waals surface area (Å²) in [6.07, 6.45) is 3.96. The first-order valence-corrected chi connectivity index (χ1v) is 12.7. The van der Waals surface area contributed by atoms with Gasteiger partial charge in [-0.05, 0) is 59.5 Å². The normalized spacial score (nSPS) is 13.2. The van der Waals surface area contributed by atoms with E-state index in [0.717, 1.165) is 29.5 Å². The molecule has 4 aromatic rings. The van der Waals surface area contributed by atoms with Gasteiger partial charge in [-0.1, -0.05) is 51.1 Å². The Bertz CT molecular complexity index is 1520. The number of ketones is 1. The van der Waals surface area contributed by atoms with Gasteiger partial charge in [0.2, 0.25) is 5.95 Å². The number of nitrogens with zero attached hydrogens (tertiary/aromatic N) is 2. The topological polar surface area (TPSA) is 105 Å². The summed E-state index contributed by atoms with van der Waals surface area (Å²) in [5.41, 5.74) is 2.43. The number of ether oxygens (including phenoxy) is 1. The fraction of sp³-hybridized carbons (Fsp3) is 0.267. The molecule has 0 spiro atoms. The third kappa shape index (κ3) is 5.44. The molecule has 0 aliphatic heterocycles. The van der Waals surface area contributed by atoms with Crippen LogP contribution in [0.1, 0.15) is 49.5 Å². The SMILES string of the molecule is COc1ccc(C(C)(C)C)cc1NC(=O)C(=O)c1ccc(Nc2ccnc(NC3CC3)n2)c2ccccc12. The van der Waals surface area contributed by atoms with Crippen molar-refractivity contribution >= 4 is 45.6 Å². The zero-order chi connectivity index (χ0) is 26.9. The molecule has 1 aliphatic carbocycles. The van der Waals surface area contributed by atoms with E-state index in [1.807, 2.05) is 36.4 Å². The summed E-state index contributed by atoms with van der Waals surface area (Å²) in [6, 6.07) is 18.8. The molecule has 0 saturated heterocycles. The van der Waals surface area contributed by atoms with Crippen LogP contribution in [0.5, 0.6) is 5.75 Å². The maximum absolute atomic E-state index is 13.4. The Morgan fingerprint density at radius 1 is 0.947 bits per heavy atom. The van der Waals surface area contributed by atoms with E-state index in [1.54, 1.807) is 30.5 Å². The molecule has 0 bridgehead atoms. The number of fused-ring (bicyclic) bond motifs is 1. The molecule has 0 unspecified atom stereocenters. The largest absolute Gasteiger partial charge is 0.495 e. The summed E-state index contributed by atoms with van der Waals surface area (Å²) >= 11 is 0. The van der Waals surface area contributed by atoms with Crippen molar-refractivity contribution in [2.75, 3.05) is 23.1 Å². The van der Waals surface area contributed by atoms with Crippen LogP contribution in [0.15, 0.2) is 66.9 Å². The summed E-state index contributed by atoms with van der Waals surface area (Å²) in [5, 5.41) is 10.9. The highest BCUT2D eigenvalue weighted by Gasteiger charge is 2.24. The van der Waals surface area contributed by atoms with Crippen LogP contribution in [0.3, 0.4) is 0 Å². The third-order valence-electron chi connectivity index (χ3n) is 6.52. The fourth-order valence-corrected chi connectivity index (χ4v) is 4.23. The summed E-state index contributed by atoms with van der Waals surface area (Å²) < 4.78 is 5.43. The Labute approximate surface area is 221 Å². The molecule has 0 atom stereocenters. The van der Waals surface area contributed by atoms with Crippen LogP contribution in [-0.2, 0) is 10.2 Å². The molecule has 1 amide bonds. The Hall–Kier alpha value is -4.46.